The summed E-state index contributed by atoms with van der Waals surface area (Å²) in [5, 5.41) is 0. The van der Waals surface area contributed by atoms with Crippen molar-refractivity contribution in [1.29, 1.82) is 0 Å². The standard InChI is InChI=1S/C70H118NO8P/c1-6-8-10-12-14-16-18-20-22-24-26-28-30-32-34-35-37-38-40-42-44-46-48-50-52-54-56-58-60-62-69(72)76-66-68(67-78-80(74,75)77-65-64-71(3,4)5)79-70(73)63-61-59-57-55-53-51-49-47-45-43-41-39-36-33-31-29-27-25-23-21-19-17-15-13-11-9-7-2/h8-11,14-17,20-23,26-29,33,36,41,43,47,49,68H,6-7,12-13,18-19,24-25,30-32,34-35,37-40,42,44-46,48,50-67H2,1-5H3/p+1/b10-8-,11-9-,16-14-,17-15-,22-20-,23-21-,28-26-,29-27-,36-33-,43-41-,49-47-. The predicted octanol–water partition coefficient (Wildman–Crippen LogP) is 20.5. The van der Waals surface area contributed by atoms with E-state index >= 15 is 0 Å². The molecule has 0 saturated carbocycles. The Bertz CT molecular complexity index is 1810. The van der Waals surface area contributed by atoms with Crippen molar-refractivity contribution in [1.82, 2.24) is 0 Å². The summed E-state index contributed by atoms with van der Waals surface area (Å²) in [6.07, 6.45) is 86.7. The maximum atomic E-state index is 12.8. The van der Waals surface area contributed by atoms with Crippen LogP contribution in [-0.4, -0.2) is 74.9 Å². The maximum absolute atomic E-state index is 12.8. The molecule has 1 N–H and O–H groups in total. The molecule has 0 aliphatic rings. The molecule has 0 saturated heterocycles. The van der Waals surface area contributed by atoms with Crippen LogP contribution in [0.1, 0.15) is 245 Å². The van der Waals surface area contributed by atoms with Crippen LogP contribution in [0.5, 0.6) is 0 Å². The van der Waals surface area contributed by atoms with E-state index in [1.54, 1.807) is 0 Å². The number of likely N-dealkylation sites (N-methyl/N-ethyl adjacent to an activating group) is 1. The third-order valence-electron chi connectivity index (χ3n) is 13.2. The molecule has 0 rings (SSSR count). The highest BCUT2D eigenvalue weighted by Gasteiger charge is 2.27. The van der Waals surface area contributed by atoms with Crippen LogP contribution >= 0.6 is 7.82 Å². The molecule has 80 heavy (non-hydrogen) atoms. The summed E-state index contributed by atoms with van der Waals surface area (Å²) < 4.78 is 34.6. The summed E-state index contributed by atoms with van der Waals surface area (Å²) in [5.41, 5.74) is 0. The summed E-state index contributed by atoms with van der Waals surface area (Å²) in [7, 11) is 1.45. The molecular formula is C70H119NO8P+. The number of phosphoric ester groups is 1. The molecule has 0 bridgehead atoms. The van der Waals surface area contributed by atoms with Crippen molar-refractivity contribution in [3.05, 3.63) is 134 Å². The molecular weight excluding hydrogens is 1010 g/mol. The van der Waals surface area contributed by atoms with Crippen molar-refractivity contribution in [3.8, 4) is 0 Å². The molecule has 0 radical (unpaired) electrons. The number of hydrogen-bond donors (Lipinski definition) is 1. The number of nitrogens with zero attached hydrogens (tertiary/aromatic N) is 1. The lowest BCUT2D eigenvalue weighted by Gasteiger charge is -2.24. The van der Waals surface area contributed by atoms with Gasteiger partial charge in [0.25, 0.3) is 0 Å². The van der Waals surface area contributed by atoms with Crippen molar-refractivity contribution >= 4 is 19.8 Å². The zero-order valence-electron chi connectivity index (χ0n) is 51.8. The molecule has 9 nitrogen and oxygen atoms in total. The molecule has 2 unspecified atom stereocenters. The van der Waals surface area contributed by atoms with Gasteiger partial charge in [-0.15, -0.1) is 0 Å². The van der Waals surface area contributed by atoms with E-state index in [0.29, 0.717) is 17.4 Å². The smallest absolute Gasteiger partial charge is 0.462 e. The van der Waals surface area contributed by atoms with Crippen molar-refractivity contribution in [2.45, 2.75) is 251 Å². The van der Waals surface area contributed by atoms with Gasteiger partial charge in [0.05, 0.1) is 27.7 Å². The normalized spacial score (nSPS) is 14.1. The topological polar surface area (TPSA) is 108 Å². The summed E-state index contributed by atoms with van der Waals surface area (Å²) in [6.45, 7) is 4.18. The molecule has 0 aliphatic heterocycles. The van der Waals surface area contributed by atoms with Gasteiger partial charge in [0.2, 0.25) is 0 Å². The highest BCUT2D eigenvalue weighted by Crippen LogP contribution is 2.43. The molecule has 0 aromatic rings. The number of hydrogen-bond acceptors (Lipinski definition) is 7. The van der Waals surface area contributed by atoms with Crippen LogP contribution in [0, 0.1) is 0 Å². The van der Waals surface area contributed by atoms with Crippen LogP contribution in [0.2, 0.25) is 0 Å². The number of unbranched alkanes of at least 4 members (excludes halogenated alkanes) is 21. The molecule has 0 aromatic carbocycles. The van der Waals surface area contributed by atoms with Crippen molar-refractivity contribution in [2.75, 3.05) is 47.5 Å². The second-order valence-corrected chi connectivity index (χ2v) is 23.5. The average molecular weight is 1130 g/mol. The highest BCUT2D eigenvalue weighted by atomic mass is 31.2. The van der Waals surface area contributed by atoms with Crippen molar-refractivity contribution < 1.29 is 42.1 Å². The Morgan fingerprint density at radius 2 is 0.675 bits per heavy atom. The number of phosphoric acid groups is 1. The number of allylic oxidation sites excluding steroid dienone is 22. The van der Waals surface area contributed by atoms with E-state index in [4.69, 9.17) is 18.5 Å². The lowest BCUT2D eigenvalue weighted by atomic mass is 10.0. The third-order valence-corrected chi connectivity index (χ3v) is 14.2. The van der Waals surface area contributed by atoms with Gasteiger partial charge in [-0.2, -0.15) is 0 Å². The summed E-state index contributed by atoms with van der Waals surface area (Å²) in [4.78, 5) is 35.8. The van der Waals surface area contributed by atoms with E-state index in [1.165, 1.54) is 89.9 Å². The van der Waals surface area contributed by atoms with Gasteiger partial charge in [-0.1, -0.05) is 257 Å². The minimum absolute atomic E-state index is 0.0210. The minimum Gasteiger partial charge on any atom is -0.462 e. The second kappa shape index (κ2) is 59.8. The highest BCUT2D eigenvalue weighted by molar-refractivity contribution is 7.47. The molecule has 456 valence electrons. The van der Waals surface area contributed by atoms with Crippen LogP contribution in [0.4, 0.5) is 0 Å². The van der Waals surface area contributed by atoms with Gasteiger partial charge >= 0.3 is 19.8 Å². The SMILES string of the molecule is CC/C=C\C/C=C\C/C=C\C/C=C\C/C=C\C/C=C\C/C=C\CCCCCCCC(=O)OC(COC(=O)CCCCCCCCCCCCCCCCCC/C=C\C/C=C\C/C=C\C/C=C\CC)COP(=O)(O)OCC[N+](C)(C)C. The first-order valence-corrected chi connectivity index (χ1v) is 33.4. The number of carbonyl (C=O) groups excluding carboxylic acids is 2. The Balaban J connectivity index is 4.17. The fraction of sp³-hybridized carbons (Fsp3) is 0.657. The fourth-order valence-corrected chi connectivity index (χ4v) is 9.08. The zero-order chi connectivity index (χ0) is 58.4. The van der Waals surface area contributed by atoms with Crippen molar-refractivity contribution in [3.63, 3.8) is 0 Å². The van der Waals surface area contributed by atoms with E-state index in [2.05, 4.69) is 148 Å². The number of esters is 2. The number of carbonyl (C=O) groups is 2. The molecule has 0 amide bonds. The third kappa shape index (κ3) is 63.3. The van der Waals surface area contributed by atoms with Gasteiger partial charge in [0, 0.05) is 12.8 Å². The summed E-state index contributed by atoms with van der Waals surface area (Å²) >= 11 is 0. The average Bonchev–Trinajstić information content (AvgIpc) is 3.42. The molecule has 0 aromatic heterocycles. The van der Waals surface area contributed by atoms with Crippen LogP contribution < -0.4 is 0 Å². The minimum atomic E-state index is -4.40. The number of ether oxygens (including phenoxy) is 2. The van der Waals surface area contributed by atoms with Crippen LogP contribution in [-0.2, 0) is 32.7 Å². The van der Waals surface area contributed by atoms with Crippen LogP contribution in [0.15, 0.2) is 134 Å². The van der Waals surface area contributed by atoms with E-state index in [0.717, 1.165) is 122 Å². The lowest BCUT2D eigenvalue weighted by Crippen LogP contribution is -2.37. The Hall–Kier alpha value is -3.85. The fourth-order valence-electron chi connectivity index (χ4n) is 8.34. The van der Waals surface area contributed by atoms with E-state index in [1.807, 2.05) is 21.1 Å². The quantitative estimate of drug-likeness (QED) is 0.0211. The second-order valence-electron chi connectivity index (χ2n) is 22.0. The first-order valence-electron chi connectivity index (χ1n) is 31.9. The van der Waals surface area contributed by atoms with Gasteiger partial charge in [0.15, 0.2) is 6.10 Å². The Kier molecular flexibility index (Phi) is 56.9. The Morgan fingerprint density at radius 3 is 1.00 bits per heavy atom. The Labute approximate surface area is 491 Å². The molecule has 0 heterocycles. The van der Waals surface area contributed by atoms with Crippen molar-refractivity contribution in [2.24, 2.45) is 0 Å². The predicted molar refractivity (Wildman–Crippen MR) is 344 cm³/mol. The number of rotatable bonds is 57. The molecule has 0 aliphatic carbocycles. The van der Waals surface area contributed by atoms with Gasteiger partial charge < -0.3 is 18.9 Å². The van der Waals surface area contributed by atoms with Gasteiger partial charge in [-0.3, -0.25) is 18.6 Å². The molecule has 0 fully saturated rings. The summed E-state index contributed by atoms with van der Waals surface area (Å²) in [6, 6.07) is 0. The van der Waals surface area contributed by atoms with Crippen LogP contribution in [0.3, 0.4) is 0 Å². The zero-order valence-corrected chi connectivity index (χ0v) is 52.7. The van der Waals surface area contributed by atoms with E-state index < -0.39 is 26.5 Å². The maximum Gasteiger partial charge on any atom is 0.472 e. The van der Waals surface area contributed by atoms with E-state index in [-0.39, 0.29) is 32.0 Å². The molecule has 0 spiro atoms. The largest absolute Gasteiger partial charge is 0.472 e. The van der Waals surface area contributed by atoms with Gasteiger partial charge in [0.1, 0.15) is 19.8 Å². The van der Waals surface area contributed by atoms with Gasteiger partial charge in [-0.05, 0) is 109 Å². The molecule has 2 atom stereocenters. The first-order chi connectivity index (χ1) is 39.0. The number of quaternary nitrogens is 1. The summed E-state index contributed by atoms with van der Waals surface area (Å²) in [5.74, 6) is -0.824. The monoisotopic (exact) mass is 1130 g/mol. The Morgan fingerprint density at radius 1 is 0.388 bits per heavy atom. The lowest BCUT2D eigenvalue weighted by molar-refractivity contribution is -0.870. The first kappa shape index (κ1) is 76.1. The van der Waals surface area contributed by atoms with Crippen LogP contribution in [0.25, 0.3) is 0 Å². The van der Waals surface area contributed by atoms with E-state index in [9.17, 15) is 19.0 Å². The molecule has 10 heteroatoms. The van der Waals surface area contributed by atoms with Gasteiger partial charge in [-0.25, -0.2) is 4.57 Å².